The smallest absolute Gasteiger partial charge is 0.323 e. The van der Waals surface area contributed by atoms with Gasteiger partial charge in [-0.1, -0.05) is 0 Å². The third kappa shape index (κ3) is 3.96. The average molecular weight is 258 g/mol. The van der Waals surface area contributed by atoms with Crippen molar-refractivity contribution >= 4 is 11.9 Å². The largest absolute Gasteiger partial charge is 0.468 e. The van der Waals surface area contributed by atoms with Gasteiger partial charge in [-0.2, -0.15) is 0 Å². The van der Waals surface area contributed by atoms with Crippen LogP contribution < -0.4 is 0 Å². The van der Waals surface area contributed by atoms with E-state index in [4.69, 9.17) is 4.74 Å². The number of aliphatic hydroxyl groups excluding tert-OH is 1. The van der Waals surface area contributed by atoms with Crippen molar-refractivity contribution in [2.75, 3.05) is 34.3 Å². The van der Waals surface area contributed by atoms with Crippen LogP contribution in [0.1, 0.15) is 19.3 Å². The van der Waals surface area contributed by atoms with Crippen LogP contribution in [0.3, 0.4) is 0 Å². The van der Waals surface area contributed by atoms with Gasteiger partial charge >= 0.3 is 5.97 Å². The maximum absolute atomic E-state index is 11.5. The summed E-state index contributed by atoms with van der Waals surface area (Å²) in [5.74, 6) is -0.241. The van der Waals surface area contributed by atoms with Gasteiger partial charge in [0.15, 0.2) is 0 Å². The summed E-state index contributed by atoms with van der Waals surface area (Å²) in [4.78, 5) is 26.4. The maximum Gasteiger partial charge on any atom is 0.323 e. The summed E-state index contributed by atoms with van der Waals surface area (Å²) in [6.07, 6.45) is 1.05. The molecule has 2 unspecified atom stereocenters. The predicted molar refractivity (Wildman–Crippen MR) is 65.9 cm³/mol. The van der Waals surface area contributed by atoms with E-state index in [0.29, 0.717) is 32.4 Å². The lowest BCUT2D eigenvalue weighted by Crippen LogP contribution is -2.37. The van der Waals surface area contributed by atoms with Gasteiger partial charge in [0.25, 0.3) is 0 Å². The summed E-state index contributed by atoms with van der Waals surface area (Å²) in [5, 5.41) is 9.59. The van der Waals surface area contributed by atoms with Crippen LogP contribution in [0.25, 0.3) is 0 Å². The van der Waals surface area contributed by atoms with Gasteiger partial charge < -0.3 is 14.7 Å². The molecular formula is C12H22N2O4. The van der Waals surface area contributed by atoms with Crippen LogP contribution in [0, 0.1) is 0 Å². The number of carbonyl (C=O) groups excluding carboxylic acids is 2. The number of likely N-dealkylation sites (tertiary alicyclic amines) is 1. The molecule has 1 heterocycles. The SMILES string of the molecule is COC(=O)C1CC(O)CN1CCCC(=O)N(C)C. The maximum atomic E-state index is 11.5. The Balaban J connectivity index is 2.40. The average Bonchev–Trinajstić information content (AvgIpc) is 2.69. The molecule has 0 aromatic rings. The van der Waals surface area contributed by atoms with E-state index in [9.17, 15) is 14.7 Å². The van der Waals surface area contributed by atoms with Crippen molar-refractivity contribution in [1.82, 2.24) is 9.80 Å². The number of esters is 1. The van der Waals surface area contributed by atoms with Crippen LogP contribution in [0.5, 0.6) is 0 Å². The lowest BCUT2D eigenvalue weighted by Gasteiger charge is -2.22. The van der Waals surface area contributed by atoms with Gasteiger partial charge in [0.2, 0.25) is 5.91 Å². The molecule has 0 radical (unpaired) electrons. The Kier molecular flexibility index (Phi) is 5.55. The molecule has 1 amide bonds. The Morgan fingerprint density at radius 1 is 1.44 bits per heavy atom. The van der Waals surface area contributed by atoms with E-state index in [0.717, 1.165) is 0 Å². The van der Waals surface area contributed by atoms with Crippen molar-refractivity contribution in [3.8, 4) is 0 Å². The Labute approximate surface area is 107 Å². The van der Waals surface area contributed by atoms with Gasteiger partial charge in [-0.3, -0.25) is 14.5 Å². The summed E-state index contributed by atoms with van der Waals surface area (Å²) in [6.45, 7) is 1.09. The van der Waals surface area contributed by atoms with E-state index in [1.54, 1.807) is 19.0 Å². The predicted octanol–water partition coefficient (Wildman–Crippen LogP) is -0.537. The summed E-state index contributed by atoms with van der Waals surface area (Å²) >= 11 is 0. The number of hydrogen-bond donors (Lipinski definition) is 1. The molecule has 0 spiro atoms. The molecule has 1 rings (SSSR count). The summed E-state index contributed by atoms with van der Waals surface area (Å²) in [6, 6.07) is -0.376. The van der Waals surface area contributed by atoms with Crippen molar-refractivity contribution in [3.05, 3.63) is 0 Å². The molecule has 2 atom stereocenters. The standard InChI is InChI=1S/C12H22N2O4/c1-13(2)11(16)5-4-6-14-8-9(15)7-10(14)12(17)18-3/h9-10,15H,4-8H2,1-3H3. The quantitative estimate of drug-likeness (QED) is 0.671. The summed E-state index contributed by atoms with van der Waals surface area (Å²) in [7, 11) is 4.79. The zero-order chi connectivity index (χ0) is 13.7. The molecule has 104 valence electrons. The normalized spacial score (nSPS) is 24.0. The fourth-order valence-corrected chi connectivity index (χ4v) is 2.16. The molecule has 1 N–H and O–H groups in total. The molecule has 0 aromatic heterocycles. The highest BCUT2D eigenvalue weighted by Gasteiger charge is 2.36. The second-order valence-corrected chi connectivity index (χ2v) is 4.82. The number of nitrogens with zero attached hydrogens (tertiary/aromatic N) is 2. The molecule has 18 heavy (non-hydrogen) atoms. The Bertz CT molecular complexity index is 306. The molecule has 0 bridgehead atoms. The third-order valence-electron chi connectivity index (χ3n) is 3.19. The molecule has 1 aliphatic heterocycles. The lowest BCUT2D eigenvalue weighted by molar-refractivity contribution is -0.145. The zero-order valence-corrected chi connectivity index (χ0v) is 11.3. The Hall–Kier alpha value is -1.14. The highest BCUT2D eigenvalue weighted by molar-refractivity contribution is 5.76. The molecule has 6 nitrogen and oxygen atoms in total. The van der Waals surface area contributed by atoms with Crippen LogP contribution in [-0.4, -0.2) is 73.2 Å². The molecule has 0 aliphatic carbocycles. The third-order valence-corrected chi connectivity index (χ3v) is 3.19. The highest BCUT2D eigenvalue weighted by Crippen LogP contribution is 2.19. The first-order chi connectivity index (χ1) is 8.45. The van der Waals surface area contributed by atoms with E-state index in [-0.39, 0.29) is 17.9 Å². The zero-order valence-electron chi connectivity index (χ0n) is 11.3. The Morgan fingerprint density at radius 2 is 2.11 bits per heavy atom. The number of ether oxygens (including phenoxy) is 1. The minimum Gasteiger partial charge on any atom is -0.468 e. The molecular weight excluding hydrogens is 236 g/mol. The number of rotatable bonds is 5. The van der Waals surface area contributed by atoms with Crippen molar-refractivity contribution in [2.45, 2.75) is 31.4 Å². The highest BCUT2D eigenvalue weighted by atomic mass is 16.5. The minimum atomic E-state index is -0.487. The fourth-order valence-electron chi connectivity index (χ4n) is 2.16. The first-order valence-electron chi connectivity index (χ1n) is 6.15. The molecule has 6 heteroatoms. The van der Waals surface area contributed by atoms with Crippen molar-refractivity contribution < 1.29 is 19.4 Å². The molecule has 1 fully saturated rings. The molecule has 0 saturated carbocycles. The van der Waals surface area contributed by atoms with Crippen molar-refractivity contribution in [2.24, 2.45) is 0 Å². The molecule has 1 saturated heterocycles. The van der Waals surface area contributed by atoms with E-state index in [1.165, 1.54) is 7.11 Å². The van der Waals surface area contributed by atoms with Gasteiger partial charge in [0, 0.05) is 33.5 Å². The van der Waals surface area contributed by atoms with Crippen LogP contribution in [-0.2, 0) is 14.3 Å². The van der Waals surface area contributed by atoms with Crippen molar-refractivity contribution in [3.63, 3.8) is 0 Å². The van der Waals surface area contributed by atoms with Gasteiger partial charge in [-0.05, 0) is 13.0 Å². The Morgan fingerprint density at radius 3 is 2.67 bits per heavy atom. The lowest BCUT2D eigenvalue weighted by atomic mass is 10.2. The van der Waals surface area contributed by atoms with Gasteiger partial charge in [0.05, 0.1) is 13.2 Å². The second kappa shape index (κ2) is 6.70. The molecule has 1 aliphatic rings. The van der Waals surface area contributed by atoms with Crippen LogP contribution in [0.15, 0.2) is 0 Å². The van der Waals surface area contributed by atoms with E-state index < -0.39 is 6.10 Å². The van der Waals surface area contributed by atoms with Crippen LogP contribution >= 0.6 is 0 Å². The first kappa shape index (κ1) is 14.9. The summed E-state index contributed by atoms with van der Waals surface area (Å²) < 4.78 is 4.71. The topological polar surface area (TPSA) is 70.1 Å². The number of β-amino-alcohol motifs (C(OH)–C–C–N with tert-alkyl or cyclic N) is 1. The molecule has 0 aromatic carbocycles. The van der Waals surface area contributed by atoms with Gasteiger partial charge in [-0.15, -0.1) is 0 Å². The van der Waals surface area contributed by atoms with Crippen LogP contribution in [0.4, 0.5) is 0 Å². The van der Waals surface area contributed by atoms with Crippen molar-refractivity contribution in [1.29, 1.82) is 0 Å². The number of carbonyl (C=O) groups is 2. The van der Waals surface area contributed by atoms with E-state index in [1.807, 2.05) is 4.90 Å². The summed E-state index contributed by atoms with van der Waals surface area (Å²) in [5.41, 5.74) is 0. The monoisotopic (exact) mass is 258 g/mol. The fraction of sp³-hybridized carbons (Fsp3) is 0.833. The first-order valence-corrected chi connectivity index (χ1v) is 6.15. The second-order valence-electron chi connectivity index (χ2n) is 4.82. The number of hydrogen-bond acceptors (Lipinski definition) is 5. The minimum absolute atomic E-state index is 0.0735. The number of methoxy groups -OCH3 is 1. The van der Waals surface area contributed by atoms with E-state index >= 15 is 0 Å². The van der Waals surface area contributed by atoms with Gasteiger partial charge in [0.1, 0.15) is 6.04 Å². The van der Waals surface area contributed by atoms with Gasteiger partial charge in [-0.25, -0.2) is 0 Å². The van der Waals surface area contributed by atoms with E-state index in [2.05, 4.69) is 0 Å². The number of aliphatic hydroxyl groups is 1. The number of amides is 1. The van der Waals surface area contributed by atoms with Crippen LogP contribution in [0.2, 0.25) is 0 Å².